The van der Waals surface area contributed by atoms with E-state index in [0.717, 1.165) is 0 Å². The van der Waals surface area contributed by atoms with E-state index in [-0.39, 0.29) is 11.1 Å². The third-order valence-corrected chi connectivity index (χ3v) is 2.26. The van der Waals surface area contributed by atoms with Gasteiger partial charge < -0.3 is 0 Å². The lowest BCUT2D eigenvalue weighted by Gasteiger charge is -2.07. The maximum atomic E-state index is 12.5. The summed E-state index contributed by atoms with van der Waals surface area (Å²) in [6.45, 7) is 1.62. The van der Waals surface area contributed by atoms with Crippen LogP contribution in [-0.4, -0.2) is 4.98 Å². The number of aryl methyl sites for hydroxylation is 1. The van der Waals surface area contributed by atoms with Gasteiger partial charge in [-0.3, -0.25) is 4.98 Å². The Morgan fingerprint density at radius 1 is 1.64 bits per heavy atom. The predicted octanol–water partition coefficient (Wildman–Crippen LogP) is 3.09. The van der Waals surface area contributed by atoms with Crippen LogP contribution in [0.15, 0.2) is 6.07 Å². The minimum Gasteiger partial charge on any atom is -0.256 e. The van der Waals surface area contributed by atoms with Crippen molar-refractivity contribution in [3.8, 4) is 6.07 Å². The third kappa shape index (κ3) is 2.07. The third-order valence-electron chi connectivity index (χ3n) is 1.73. The molecule has 1 heterocycles. The van der Waals surface area contributed by atoms with Gasteiger partial charge in [0, 0.05) is 16.6 Å². The molecule has 74 valence electrons. The van der Waals surface area contributed by atoms with Gasteiger partial charge in [-0.25, -0.2) is 8.78 Å². The van der Waals surface area contributed by atoms with Crippen LogP contribution in [0.5, 0.6) is 0 Å². The molecule has 2 nitrogen and oxygen atoms in total. The number of hydrogen-bond acceptors (Lipinski definition) is 2. The van der Waals surface area contributed by atoms with E-state index < -0.39 is 6.43 Å². The molecule has 0 aliphatic carbocycles. The summed E-state index contributed by atoms with van der Waals surface area (Å²) in [6.07, 6.45) is -2.64. The molecule has 0 amide bonds. The fourth-order valence-corrected chi connectivity index (χ4v) is 1.57. The largest absolute Gasteiger partial charge is 0.265 e. The van der Waals surface area contributed by atoms with Crippen molar-refractivity contribution in [3.05, 3.63) is 28.6 Å². The van der Waals surface area contributed by atoms with Gasteiger partial charge in [-0.1, -0.05) is 15.9 Å². The normalized spacial score (nSPS) is 10.3. The number of rotatable bonds is 2. The molecular formula is C9H7BrF2N2. The first-order chi connectivity index (χ1) is 6.60. The van der Waals surface area contributed by atoms with E-state index in [4.69, 9.17) is 5.26 Å². The standard InChI is InChI=1S/C9H7BrF2N2/c1-5-2-6(9(11)12)7(4-13)8(3-10)14-5/h2,9H,3H2,1H3. The summed E-state index contributed by atoms with van der Waals surface area (Å²) < 4.78 is 25.0. The second-order valence-corrected chi connectivity index (χ2v) is 3.28. The van der Waals surface area contributed by atoms with Crippen molar-refractivity contribution in [2.75, 3.05) is 0 Å². The van der Waals surface area contributed by atoms with Crippen LogP contribution in [-0.2, 0) is 5.33 Å². The molecule has 0 radical (unpaired) electrons. The van der Waals surface area contributed by atoms with Gasteiger partial charge in [0.25, 0.3) is 6.43 Å². The molecule has 1 aromatic heterocycles. The summed E-state index contributed by atoms with van der Waals surface area (Å²) in [6, 6.07) is 3.00. The van der Waals surface area contributed by atoms with E-state index >= 15 is 0 Å². The van der Waals surface area contributed by atoms with Crippen LogP contribution in [0.1, 0.15) is 28.9 Å². The Bertz CT molecular complexity index is 385. The summed E-state index contributed by atoms with van der Waals surface area (Å²) in [7, 11) is 0. The van der Waals surface area contributed by atoms with Crippen molar-refractivity contribution >= 4 is 15.9 Å². The van der Waals surface area contributed by atoms with Gasteiger partial charge in [0.15, 0.2) is 0 Å². The second kappa shape index (κ2) is 4.47. The quantitative estimate of drug-likeness (QED) is 0.767. The zero-order valence-electron chi connectivity index (χ0n) is 7.39. The first-order valence-electron chi connectivity index (χ1n) is 3.84. The predicted molar refractivity (Wildman–Crippen MR) is 51.3 cm³/mol. The van der Waals surface area contributed by atoms with Crippen LogP contribution in [0.3, 0.4) is 0 Å². The Labute approximate surface area is 88.7 Å². The Morgan fingerprint density at radius 3 is 2.71 bits per heavy atom. The molecule has 0 unspecified atom stereocenters. The summed E-state index contributed by atoms with van der Waals surface area (Å²) >= 11 is 3.11. The molecule has 0 aliphatic rings. The van der Waals surface area contributed by atoms with E-state index in [1.54, 1.807) is 13.0 Å². The first kappa shape index (κ1) is 11.1. The van der Waals surface area contributed by atoms with Gasteiger partial charge in [0.1, 0.15) is 6.07 Å². The van der Waals surface area contributed by atoms with E-state index in [1.807, 2.05) is 0 Å². The summed E-state index contributed by atoms with van der Waals surface area (Å²) in [5.41, 5.74) is 0.591. The molecule has 0 N–H and O–H groups in total. The van der Waals surface area contributed by atoms with E-state index in [1.165, 1.54) is 6.07 Å². The number of nitrogens with zero attached hydrogens (tertiary/aromatic N) is 2. The van der Waals surface area contributed by atoms with Crippen molar-refractivity contribution < 1.29 is 8.78 Å². The molecule has 0 atom stereocenters. The highest BCUT2D eigenvalue weighted by molar-refractivity contribution is 9.08. The van der Waals surface area contributed by atoms with Gasteiger partial charge in [0.05, 0.1) is 11.3 Å². The lowest BCUT2D eigenvalue weighted by molar-refractivity contribution is 0.150. The summed E-state index contributed by atoms with van der Waals surface area (Å²) in [4.78, 5) is 4.00. The molecule has 0 aromatic carbocycles. The van der Waals surface area contributed by atoms with Crippen molar-refractivity contribution in [1.29, 1.82) is 5.26 Å². The number of halogens is 3. The zero-order chi connectivity index (χ0) is 10.7. The molecule has 5 heteroatoms. The minimum absolute atomic E-state index is 0.0255. The molecule has 0 spiro atoms. The topological polar surface area (TPSA) is 36.7 Å². The van der Waals surface area contributed by atoms with Crippen molar-refractivity contribution in [2.45, 2.75) is 18.7 Å². The Balaban J connectivity index is 3.41. The Hall–Kier alpha value is -1.02. The van der Waals surface area contributed by atoms with Crippen LogP contribution < -0.4 is 0 Å². The highest BCUT2D eigenvalue weighted by Gasteiger charge is 2.17. The number of alkyl halides is 3. The molecule has 0 fully saturated rings. The molecule has 0 aliphatic heterocycles. The van der Waals surface area contributed by atoms with Gasteiger partial charge in [0.2, 0.25) is 0 Å². The zero-order valence-corrected chi connectivity index (χ0v) is 8.98. The molecule has 14 heavy (non-hydrogen) atoms. The smallest absolute Gasteiger partial charge is 0.256 e. The molecule has 0 saturated carbocycles. The first-order valence-corrected chi connectivity index (χ1v) is 4.97. The van der Waals surface area contributed by atoms with Crippen LogP contribution >= 0.6 is 15.9 Å². The van der Waals surface area contributed by atoms with Crippen molar-refractivity contribution in [3.63, 3.8) is 0 Å². The molecule has 0 bridgehead atoms. The number of hydrogen-bond donors (Lipinski definition) is 0. The highest BCUT2D eigenvalue weighted by atomic mass is 79.9. The van der Waals surface area contributed by atoms with Crippen LogP contribution in [0.25, 0.3) is 0 Å². The second-order valence-electron chi connectivity index (χ2n) is 2.72. The van der Waals surface area contributed by atoms with Gasteiger partial charge in [-0.2, -0.15) is 5.26 Å². The maximum Gasteiger partial charge on any atom is 0.265 e. The van der Waals surface area contributed by atoms with Crippen LogP contribution in [0.4, 0.5) is 8.78 Å². The van der Waals surface area contributed by atoms with Crippen LogP contribution in [0.2, 0.25) is 0 Å². The molecule has 0 saturated heterocycles. The van der Waals surface area contributed by atoms with E-state index in [2.05, 4.69) is 20.9 Å². The highest BCUT2D eigenvalue weighted by Crippen LogP contribution is 2.25. The van der Waals surface area contributed by atoms with Crippen molar-refractivity contribution in [2.24, 2.45) is 0 Å². The number of pyridine rings is 1. The van der Waals surface area contributed by atoms with Crippen LogP contribution in [0, 0.1) is 18.3 Å². The molecule has 1 rings (SSSR count). The SMILES string of the molecule is Cc1cc(C(F)F)c(C#N)c(CBr)n1. The minimum atomic E-state index is -2.64. The number of aromatic nitrogens is 1. The van der Waals surface area contributed by atoms with Gasteiger partial charge in [-0.05, 0) is 13.0 Å². The molecule has 1 aromatic rings. The fraction of sp³-hybridized carbons (Fsp3) is 0.333. The molecular weight excluding hydrogens is 254 g/mol. The lowest BCUT2D eigenvalue weighted by atomic mass is 10.1. The summed E-state index contributed by atoms with van der Waals surface area (Å²) in [5, 5.41) is 9.03. The van der Waals surface area contributed by atoms with Gasteiger partial charge >= 0.3 is 0 Å². The lowest BCUT2D eigenvalue weighted by Crippen LogP contribution is -2.00. The van der Waals surface area contributed by atoms with E-state index in [9.17, 15) is 8.78 Å². The number of nitriles is 1. The van der Waals surface area contributed by atoms with Crippen molar-refractivity contribution in [1.82, 2.24) is 4.98 Å². The average molecular weight is 261 g/mol. The van der Waals surface area contributed by atoms with E-state index in [0.29, 0.717) is 16.7 Å². The Morgan fingerprint density at radius 2 is 2.29 bits per heavy atom. The monoisotopic (exact) mass is 260 g/mol. The maximum absolute atomic E-state index is 12.5. The Kier molecular flexibility index (Phi) is 3.53. The average Bonchev–Trinajstić information content (AvgIpc) is 2.16. The summed E-state index contributed by atoms with van der Waals surface area (Å²) in [5.74, 6) is 0. The van der Waals surface area contributed by atoms with Gasteiger partial charge in [-0.15, -0.1) is 0 Å². The fourth-order valence-electron chi connectivity index (χ4n) is 1.16.